The summed E-state index contributed by atoms with van der Waals surface area (Å²) < 4.78 is 68.8. The molecule has 59 heavy (non-hydrogen) atoms. The van der Waals surface area contributed by atoms with E-state index in [2.05, 4.69) is 0 Å². The van der Waals surface area contributed by atoms with Crippen molar-refractivity contribution in [3.8, 4) is 23.0 Å². The summed E-state index contributed by atoms with van der Waals surface area (Å²) in [6.07, 6.45) is -9.54. The fourth-order valence-corrected chi connectivity index (χ4v) is 6.84. The molecule has 2 fully saturated rings. The molecule has 4 rings (SSSR count). The second-order valence-electron chi connectivity index (χ2n) is 13.5. The highest BCUT2D eigenvalue weighted by molar-refractivity contribution is 5.71. The molecule has 0 radical (unpaired) electrons. The fraction of sp³-hybridized carbons (Fsp3) is 0.525. The maximum atomic E-state index is 12.7. The van der Waals surface area contributed by atoms with E-state index < -0.39 is 103 Å². The maximum Gasteiger partial charge on any atom is 0.308 e. The molecule has 19 nitrogen and oxygen atoms in total. The summed E-state index contributed by atoms with van der Waals surface area (Å²) in [7, 11) is 2.75. The number of carbonyl (C=O) groups excluding carboxylic acids is 7. The number of esters is 7. The van der Waals surface area contributed by atoms with Gasteiger partial charge in [-0.3, -0.25) is 33.6 Å². The van der Waals surface area contributed by atoms with Crippen LogP contribution in [0.4, 0.5) is 0 Å². The van der Waals surface area contributed by atoms with Gasteiger partial charge in [-0.05, 0) is 35.4 Å². The molecule has 0 amide bonds. The average Bonchev–Trinajstić information content (AvgIpc) is 3.57. The van der Waals surface area contributed by atoms with Gasteiger partial charge in [0.15, 0.2) is 47.6 Å². The van der Waals surface area contributed by atoms with Crippen LogP contribution in [0.2, 0.25) is 0 Å². The molecule has 322 valence electrons. The number of carbonyl (C=O) groups is 7. The summed E-state index contributed by atoms with van der Waals surface area (Å²) in [4.78, 5) is 85.5. The van der Waals surface area contributed by atoms with Gasteiger partial charge < -0.3 is 56.8 Å². The molecular weight excluding hydrogens is 784 g/mol. The number of rotatable bonds is 16. The number of methoxy groups -OCH3 is 2. The maximum absolute atomic E-state index is 12.7. The van der Waals surface area contributed by atoms with E-state index in [0.717, 1.165) is 27.7 Å². The van der Waals surface area contributed by atoms with Crippen molar-refractivity contribution in [1.82, 2.24) is 0 Å². The molecule has 0 bridgehead atoms. The van der Waals surface area contributed by atoms with Crippen LogP contribution in [-0.4, -0.2) is 107 Å². The van der Waals surface area contributed by atoms with E-state index in [1.807, 2.05) is 0 Å². The molecule has 0 aliphatic carbocycles. The number of ether oxygens (including phenoxy) is 12. The Labute approximate surface area is 339 Å². The zero-order chi connectivity index (χ0) is 43.6. The molecule has 2 heterocycles. The molecule has 2 aliphatic rings. The molecule has 2 saturated heterocycles. The molecule has 0 aromatic heterocycles. The van der Waals surface area contributed by atoms with Crippen molar-refractivity contribution in [2.24, 2.45) is 11.8 Å². The van der Waals surface area contributed by atoms with Crippen molar-refractivity contribution in [3.05, 3.63) is 47.5 Å². The Morgan fingerprint density at radius 3 is 1.68 bits per heavy atom. The van der Waals surface area contributed by atoms with E-state index >= 15 is 0 Å². The highest BCUT2D eigenvalue weighted by Gasteiger charge is 2.55. The van der Waals surface area contributed by atoms with E-state index in [0.29, 0.717) is 11.1 Å². The lowest BCUT2D eigenvalue weighted by Gasteiger charge is -2.45. The Morgan fingerprint density at radius 2 is 1.14 bits per heavy atom. The Balaban J connectivity index is 1.91. The lowest BCUT2D eigenvalue weighted by molar-refractivity contribution is -0.322. The van der Waals surface area contributed by atoms with Gasteiger partial charge in [0.2, 0.25) is 0 Å². The smallest absolute Gasteiger partial charge is 0.308 e. The second kappa shape index (κ2) is 20.8. The molecule has 2 aliphatic heterocycles. The first-order valence-corrected chi connectivity index (χ1v) is 18.4. The van der Waals surface area contributed by atoms with Crippen LogP contribution in [0.1, 0.15) is 71.8 Å². The number of hydrogen-bond donors (Lipinski definition) is 0. The van der Waals surface area contributed by atoms with Crippen LogP contribution in [0.3, 0.4) is 0 Å². The summed E-state index contributed by atoms with van der Waals surface area (Å²) in [5.41, 5.74) is 0.918. The highest BCUT2D eigenvalue weighted by Crippen LogP contribution is 2.49. The lowest BCUT2D eigenvalue weighted by atomic mass is 9.82. The monoisotopic (exact) mass is 832 g/mol. The van der Waals surface area contributed by atoms with Crippen molar-refractivity contribution in [3.63, 3.8) is 0 Å². The highest BCUT2D eigenvalue weighted by atomic mass is 16.7. The van der Waals surface area contributed by atoms with Gasteiger partial charge in [-0.2, -0.15) is 0 Å². The summed E-state index contributed by atoms with van der Waals surface area (Å²) in [5, 5.41) is 0. The van der Waals surface area contributed by atoms with Crippen LogP contribution in [0.25, 0.3) is 0 Å². The molecule has 0 spiro atoms. The summed E-state index contributed by atoms with van der Waals surface area (Å²) in [5.74, 6) is -5.92. The van der Waals surface area contributed by atoms with Crippen molar-refractivity contribution in [2.75, 3.05) is 34.0 Å². The summed E-state index contributed by atoms with van der Waals surface area (Å²) in [6, 6.07) is 9.36. The second-order valence-corrected chi connectivity index (χ2v) is 13.5. The van der Waals surface area contributed by atoms with Crippen LogP contribution in [-0.2, 0) is 71.5 Å². The lowest BCUT2D eigenvalue weighted by Crippen LogP contribution is -2.63. The molecule has 0 saturated carbocycles. The minimum Gasteiger partial charge on any atom is -0.493 e. The number of hydrogen-bond acceptors (Lipinski definition) is 19. The Morgan fingerprint density at radius 1 is 0.610 bits per heavy atom. The van der Waals surface area contributed by atoms with E-state index in [9.17, 15) is 33.6 Å². The van der Waals surface area contributed by atoms with Gasteiger partial charge in [0.1, 0.15) is 12.7 Å². The average molecular weight is 833 g/mol. The third-order valence-electron chi connectivity index (χ3n) is 9.04. The van der Waals surface area contributed by atoms with E-state index in [-0.39, 0.29) is 36.2 Å². The van der Waals surface area contributed by atoms with Gasteiger partial charge in [0.25, 0.3) is 0 Å². The molecule has 0 unspecified atom stereocenters. The van der Waals surface area contributed by atoms with Crippen molar-refractivity contribution < 1.29 is 90.4 Å². The van der Waals surface area contributed by atoms with Gasteiger partial charge in [-0.15, -0.1) is 0 Å². The Hall–Kier alpha value is -5.79. The van der Waals surface area contributed by atoms with E-state index in [1.165, 1.54) is 53.2 Å². The third kappa shape index (κ3) is 12.4. The molecule has 2 aromatic carbocycles. The predicted molar refractivity (Wildman–Crippen MR) is 197 cm³/mol. The first-order chi connectivity index (χ1) is 27.9. The van der Waals surface area contributed by atoms with Crippen LogP contribution >= 0.6 is 0 Å². The molecule has 9 atom stereocenters. The third-order valence-corrected chi connectivity index (χ3v) is 9.04. The van der Waals surface area contributed by atoms with Gasteiger partial charge in [-0.1, -0.05) is 12.1 Å². The Kier molecular flexibility index (Phi) is 16.2. The van der Waals surface area contributed by atoms with Crippen LogP contribution < -0.4 is 18.9 Å². The molecule has 19 heteroatoms. The minimum absolute atomic E-state index is 0.0609. The zero-order valence-electron chi connectivity index (χ0n) is 34.0. The van der Waals surface area contributed by atoms with Gasteiger partial charge in [0.05, 0.1) is 39.6 Å². The largest absolute Gasteiger partial charge is 0.493 e. The van der Waals surface area contributed by atoms with Crippen LogP contribution in [0.15, 0.2) is 36.4 Å². The first-order valence-electron chi connectivity index (χ1n) is 18.4. The minimum atomic E-state index is -1.64. The summed E-state index contributed by atoms with van der Waals surface area (Å²) >= 11 is 0. The predicted octanol–water partition coefficient (Wildman–Crippen LogP) is 3.26. The molecule has 0 N–H and O–H groups in total. The molecule has 2 aromatic rings. The van der Waals surface area contributed by atoms with Gasteiger partial charge in [-0.25, -0.2) is 0 Å². The van der Waals surface area contributed by atoms with Crippen molar-refractivity contribution in [2.45, 2.75) is 91.4 Å². The quantitative estimate of drug-likeness (QED) is 0.134. The van der Waals surface area contributed by atoms with Crippen molar-refractivity contribution >= 4 is 41.8 Å². The van der Waals surface area contributed by atoms with E-state index in [1.54, 1.807) is 18.2 Å². The van der Waals surface area contributed by atoms with Crippen molar-refractivity contribution in [1.29, 1.82) is 0 Å². The van der Waals surface area contributed by atoms with Crippen LogP contribution in [0, 0.1) is 11.8 Å². The first kappa shape index (κ1) is 45.9. The SMILES string of the molecule is COc1cc([C@@H](O[C@@H]2O[C@H](COC(C)=O)[C@@H](OC(C)=O)[C@H](OC(C)=O)[C@H]2OC(C)=O)[C@@H]2CO[C@H](c3ccc(OC(C)=O)c(OC)c3)[C@H]2COC(C)=O)ccc1OC(C)=O. The Bertz CT molecular complexity index is 1870. The van der Waals surface area contributed by atoms with E-state index in [4.69, 9.17) is 56.8 Å². The topological polar surface area (TPSA) is 230 Å². The summed E-state index contributed by atoms with van der Waals surface area (Å²) in [6.45, 7) is 7.34. The van der Waals surface area contributed by atoms with Gasteiger partial charge >= 0.3 is 41.8 Å². The fourth-order valence-electron chi connectivity index (χ4n) is 6.84. The van der Waals surface area contributed by atoms with Crippen LogP contribution in [0.5, 0.6) is 23.0 Å². The number of benzene rings is 2. The standard InChI is InChI=1S/C40H48O19/c1-19(41)50-16-28-29(17-52-35(28)26-10-12-30(53-21(3)43)32(14-26)48-8)36(27-11-13-31(54-22(4)44)33(15-27)49-9)59-40-39(57-25(7)47)38(56-24(6)46)37(55-23(5)45)34(58-40)18-51-20(2)42/h10-15,28-29,34-40H,16-18H2,1-9H3/t28-,29+,34+,35+,36+,37+,38-,39+,40-/m0/s1. The van der Waals surface area contributed by atoms with Gasteiger partial charge in [0, 0.05) is 60.3 Å². The zero-order valence-corrected chi connectivity index (χ0v) is 34.0. The normalized spacial score (nSPS) is 24.1. The molecular formula is C40H48O19.